The first-order valence-corrected chi connectivity index (χ1v) is 6.93. The lowest BCUT2D eigenvalue weighted by atomic mass is 9.96. The molecule has 18 heavy (non-hydrogen) atoms. The van der Waals surface area contributed by atoms with Crippen LogP contribution in [0.25, 0.3) is 0 Å². The Bertz CT molecular complexity index is 313. The van der Waals surface area contributed by atoms with Gasteiger partial charge in [0.05, 0.1) is 12.1 Å². The third-order valence-corrected chi connectivity index (χ3v) is 3.99. The summed E-state index contributed by atoms with van der Waals surface area (Å²) in [6.07, 6.45) is 0.854. The Morgan fingerprint density at radius 2 is 1.78 bits per heavy atom. The molecule has 0 bridgehead atoms. The van der Waals surface area contributed by atoms with Crippen molar-refractivity contribution >= 4 is 5.91 Å². The molecule has 0 aromatic heterocycles. The number of hydrogen-bond donors (Lipinski definition) is 0. The topological polar surface area (TPSA) is 47.3 Å². The van der Waals surface area contributed by atoms with Crippen molar-refractivity contribution in [2.45, 2.75) is 40.2 Å². The van der Waals surface area contributed by atoms with Gasteiger partial charge in [-0.3, -0.25) is 9.69 Å². The molecular formula is C14H25N3O. The lowest BCUT2D eigenvalue weighted by Gasteiger charge is -2.38. The van der Waals surface area contributed by atoms with Gasteiger partial charge in [-0.25, -0.2) is 0 Å². The highest BCUT2D eigenvalue weighted by molar-refractivity contribution is 5.78. The van der Waals surface area contributed by atoms with E-state index in [9.17, 15) is 4.79 Å². The van der Waals surface area contributed by atoms with Crippen molar-refractivity contribution in [3.8, 4) is 6.07 Å². The van der Waals surface area contributed by atoms with Crippen LogP contribution in [0.4, 0.5) is 0 Å². The van der Waals surface area contributed by atoms with Crippen LogP contribution in [-0.4, -0.2) is 47.9 Å². The summed E-state index contributed by atoms with van der Waals surface area (Å²) in [4.78, 5) is 16.3. The molecule has 0 aromatic carbocycles. The monoisotopic (exact) mass is 251 g/mol. The van der Waals surface area contributed by atoms with Crippen molar-refractivity contribution in [3.63, 3.8) is 0 Å². The second-order valence-corrected chi connectivity index (χ2v) is 5.45. The van der Waals surface area contributed by atoms with Crippen LogP contribution in [0.5, 0.6) is 0 Å². The number of carbonyl (C=O) groups is 1. The molecule has 1 heterocycles. The van der Waals surface area contributed by atoms with Crippen molar-refractivity contribution in [2.75, 3.05) is 26.2 Å². The number of amides is 1. The number of piperazine rings is 1. The minimum Gasteiger partial charge on any atom is -0.340 e. The van der Waals surface area contributed by atoms with Gasteiger partial charge in [-0.2, -0.15) is 5.26 Å². The first-order chi connectivity index (χ1) is 8.51. The van der Waals surface area contributed by atoms with E-state index >= 15 is 0 Å². The van der Waals surface area contributed by atoms with E-state index in [1.165, 1.54) is 0 Å². The Kier molecular flexibility index (Phi) is 5.61. The fraction of sp³-hybridized carbons (Fsp3) is 0.857. The van der Waals surface area contributed by atoms with Gasteiger partial charge in [-0.1, -0.05) is 27.7 Å². The zero-order valence-electron chi connectivity index (χ0n) is 12.0. The van der Waals surface area contributed by atoms with E-state index in [2.05, 4.69) is 24.8 Å². The number of carbonyl (C=O) groups excluding carboxylic acids is 1. The van der Waals surface area contributed by atoms with Gasteiger partial charge in [0.25, 0.3) is 0 Å². The quantitative estimate of drug-likeness (QED) is 0.764. The van der Waals surface area contributed by atoms with Gasteiger partial charge in [0.15, 0.2) is 0 Å². The largest absolute Gasteiger partial charge is 0.340 e. The summed E-state index contributed by atoms with van der Waals surface area (Å²) >= 11 is 0. The molecule has 2 atom stereocenters. The second kappa shape index (κ2) is 6.75. The van der Waals surface area contributed by atoms with Crippen LogP contribution >= 0.6 is 0 Å². The van der Waals surface area contributed by atoms with Gasteiger partial charge >= 0.3 is 0 Å². The Balaban J connectivity index is 2.49. The molecule has 1 saturated heterocycles. The fourth-order valence-corrected chi connectivity index (χ4v) is 2.26. The lowest BCUT2D eigenvalue weighted by Crippen LogP contribution is -2.53. The van der Waals surface area contributed by atoms with E-state index in [1.54, 1.807) is 0 Å². The van der Waals surface area contributed by atoms with Crippen LogP contribution in [0.2, 0.25) is 0 Å². The summed E-state index contributed by atoms with van der Waals surface area (Å²) in [6, 6.07) is 2.33. The molecule has 4 heteroatoms. The Morgan fingerprint density at radius 1 is 1.22 bits per heavy atom. The molecule has 1 aliphatic heterocycles. The summed E-state index contributed by atoms with van der Waals surface area (Å²) < 4.78 is 0. The number of nitrogens with zero attached hydrogens (tertiary/aromatic N) is 3. The molecule has 1 aliphatic rings. The van der Waals surface area contributed by atoms with Crippen LogP contribution in [0, 0.1) is 23.2 Å². The fourth-order valence-electron chi connectivity index (χ4n) is 2.26. The molecule has 1 fully saturated rings. The predicted octanol–water partition coefficient (Wildman–Crippen LogP) is 1.72. The molecule has 0 N–H and O–H groups in total. The zero-order valence-corrected chi connectivity index (χ0v) is 12.0. The predicted molar refractivity (Wildman–Crippen MR) is 71.8 cm³/mol. The van der Waals surface area contributed by atoms with Crippen molar-refractivity contribution in [1.82, 2.24) is 9.80 Å². The van der Waals surface area contributed by atoms with Crippen LogP contribution in [0.3, 0.4) is 0 Å². The summed E-state index contributed by atoms with van der Waals surface area (Å²) in [7, 11) is 0. The molecule has 0 radical (unpaired) electrons. The first-order valence-electron chi connectivity index (χ1n) is 6.93. The third-order valence-electron chi connectivity index (χ3n) is 3.99. The van der Waals surface area contributed by atoms with E-state index in [0.29, 0.717) is 5.92 Å². The van der Waals surface area contributed by atoms with E-state index in [0.717, 1.165) is 32.6 Å². The van der Waals surface area contributed by atoms with Crippen molar-refractivity contribution in [2.24, 2.45) is 11.8 Å². The maximum atomic E-state index is 12.2. The van der Waals surface area contributed by atoms with E-state index in [-0.39, 0.29) is 17.9 Å². The smallest absolute Gasteiger partial charge is 0.225 e. The van der Waals surface area contributed by atoms with E-state index in [4.69, 9.17) is 5.26 Å². The summed E-state index contributed by atoms with van der Waals surface area (Å²) in [5.41, 5.74) is 0. The summed E-state index contributed by atoms with van der Waals surface area (Å²) in [5.74, 6) is 0.738. The molecule has 102 valence electrons. The Labute approximate surface area is 111 Å². The molecule has 0 aromatic rings. The van der Waals surface area contributed by atoms with Gasteiger partial charge < -0.3 is 4.90 Å². The summed E-state index contributed by atoms with van der Waals surface area (Å²) in [5, 5.41) is 9.04. The first kappa shape index (κ1) is 15.0. The Morgan fingerprint density at radius 3 is 2.17 bits per heavy atom. The van der Waals surface area contributed by atoms with Gasteiger partial charge in [-0.15, -0.1) is 0 Å². The molecule has 1 rings (SSSR count). The average molecular weight is 251 g/mol. The van der Waals surface area contributed by atoms with Crippen LogP contribution in [0.15, 0.2) is 0 Å². The molecular weight excluding hydrogens is 226 g/mol. The minimum absolute atomic E-state index is 0.00442. The molecule has 1 amide bonds. The van der Waals surface area contributed by atoms with Crippen LogP contribution < -0.4 is 0 Å². The Hall–Kier alpha value is -1.08. The van der Waals surface area contributed by atoms with Gasteiger partial charge in [0.2, 0.25) is 5.91 Å². The van der Waals surface area contributed by atoms with Crippen LogP contribution in [0.1, 0.15) is 34.1 Å². The molecule has 0 spiro atoms. The molecule has 0 aliphatic carbocycles. The molecule has 2 unspecified atom stereocenters. The van der Waals surface area contributed by atoms with Crippen molar-refractivity contribution in [3.05, 3.63) is 0 Å². The second-order valence-electron chi connectivity index (χ2n) is 5.45. The van der Waals surface area contributed by atoms with Crippen molar-refractivity contribution in [1.29, 1.82) is 5.26 Å². The molecule has 0 saturated carbocycles. The highest BCUT2D eigenvalue weighted by atomic mass is 16.2. The number of hydrogen-bond acceptors (Lipinski definition) is 3. The SMILES string of the molecule is CCC(C#N)N1CCN(C(=O)C(C)C(C)C)CC1. The highest BCUT2D eigenvalue weighted by Gasteiger charge is 2.28. The molecule has 4 nitrogen and oxygen atoms in total. The average Bonchev–Trinajstić information content (AvgIpc) is 2.39. The minimum atomic E-state index is 0.00442. The normalized spacial score (nSPS) is 20.6. The van der Waals surface area contributed by atoms with Crippen LogP contribution in [-0.2, 0) is 4.79 Å². The standard InChI is InChI=1S/C14H25N3O/c1-5-13(10-15)16-6-8-17(9-7-16)14(18)12(4)11(2)3/h11-13H,5-9H2,1-4H3. The third kappa shape index (κ3) is 3.46. The van der Waals surface area contributed by atoms with E-state index < -0.39 is 0 Å². The van der Waals surface area contributed by atoms with Gasteiger partial charge in [0, 0.05) is 32.1 Å². The van der Waals surface area contributed by atoms with Gasteiger partial charge in [0.1, 0.15) is 0 Å². The number of rotatable bonds is 4. The maximum absolute atomic E-state index is 12.2. The zero-order chi connectivity index (χ0) is 13.7. The lowest BCUT2D eigenvalue weighted by molar-refractivity contribution is -0.138. The summed E-state index contributed by atoms with van der Waals surface area (Å²) in [6.45, 7) is 11.4. The number of nitriles is 1. The maximum Gasteiger partial charge on any atom is 0.225 e. The van der Waals surface area contributed by atoms with E-state index in [1.807, 2.05) is 18.7 Å². The van der Waals surface area contributed by atoms with Crippen molar-refractivity contribution < 1.29 is 4.79 Å². The van der Waals surface area contributed by atoms with Gasteiger partial charge in [-0.05, 0) is 12.3 Å². The highest BCUT2D eigenvalue weighted by Crippen LogP contribution is 2.16.